The van der Waals surface area contributed by atoms with Crippen LogP contribution in [0.4, 0.5) is 0 Å². The van der Waals surface area contributed by atoms with E-state index in [1.54, 1.807) is 12.1 Å². The zero-order valence-electron chi connectivity index (χ0n) is 10.4. The number of fused-ring (bicyclic) bond motifs is 1. The normalized spacial score (nSPS) is 14.3. The molecule has 0 unspecified atom stereocenters. The van der Waals surface area contributed by atoms with Gasteiger partial charge in [0.15, 0.2) is 0 Å². The summed E-state index contributed by atoms with van der Waals surface area (Å²) in [5, 5.41) is 8.83. The van der Waals surface area contributed by atoms with Gasteiger partial charge in [0.05, 0.1) is 11.3 Å². The van der Waals surface area contributed by atoms with Crippen LogP contribution < -0.4 is 0 Å². The van der Waals surface area contributed by atoms with E-state index in [9.17, 15) is 4.79 Å². The molecule has 0 aliphatic carbocycles. The maximum absolute atomic E-state index is 10.8. The molecule has 1 aliphatic rings. The summed E-state index contributed by atoms with van der Waals surface area (Å²) >= 11 is 0. The number of aromatic nitrogens is 1. The lowest BCUT2D eigenvalue weighted by molar-refractivity contribution is 0.0696. The molecule has 0 atom stereocenters. The van der Waals surface area contributed by atoms with E-state index in [2.05, 4.69) is 34.1 Å². The van der Waals surface area contributed by atoms with Gasteiger partial charge < -0.3 is 5.11 Å². The second kappa shape index (κ2) is 4.82. The van der Waals surface area contributed by atoms with Gasteiger partial charge in [0, 0.05) is 25.8 Å². The van der Waals surface area contributed by atoms with Gasteiger partial charge >= 0.3 is 5.97 Å². The van der Waals surface area contributed by atoms with Gasteiger partial charge in [-0.3, -0.25) is 9.88 Å². The van der Waals surface area contributed by atoms with Crippen molar-refractivity contribution in [2.24, 2.45) is 0 Å². The van der Waals surface area contributed by atoms with Crippen LogP contribution in [0.2, 0.25) is 0 Å². The van der Waals surface area contributed by atoms with Crippen LogP contribution in [0.15, 0.2) is 42.6 Å². The maximum atomic E-state index is 10.8. The zero-order chi connectivity index (χ0) is 13.2. The second-order valence-corrected chi connectivity index (χ2v) is 4.76. The monoisotopic (exact) mass is 254 g/mol. The molecule has 0 radical (unpaired) electrons. The lowest BCUT2D eigenvalue weighted by Gasteiger charge is -2.13. The summed E-state index contributed by atoms with van der Waals surface area (Å²) < 4.78 is 0. The Morgan fingerprint density at radius 3 is 2.37 bits per heavy atom. The first-order chi connectivity index (χ1) is 9.22. The molecule has 2 heterocycles. The lowest BCUT2D eigenvalue weighted by Crippen LogP contribution is -2.16. The first-order valence-electron chi connectivity index (χ1n) is 6.20. The third-order valence-corrected chi connectivity index (χ3v) is 3.36. The Morgan fingerprint density at radius 2 is 1.84 bits per heavy atom. The molecule has 1 aromatic heterocycles. The van der Waals surface area contributed by atoms with Crippen molar-refractivity contribution >= 4 is 5.97 Å². The second-order valence-electron chi connectivity index (χ2n) is 4.76. The van der Waals surface area contributed by atoms with E-state index < -0.39 is 5.97 Å². The predicted molar refractivity (Wildman–Crippen MR) is 70.6 cm³/mol. The highest BCUT2D eigenvalue weighted by molar-refractivity contribution is 5.87. The molecule has 1 aromatic carbocycles. The molecule has 4 nitrogen and oxygen atoms in total. The Bertz CT molecular complexity index is 583. The number of hydrogen-bond donors (Lipinski definition) is 1. The molecule has 0 amide bonds. The van der Waals surface area contributed by atoms with Gasteiger partial charge in [-0.05, 0) is 23.3 Å². The largest absolute Gasteiger partial charge is 0.478 e. The Kier molecular flexibility index (Phi) is 3.01. The molecule has 96 valence electrons. The van der Waals surface area contributed by atoms with E-state index in [1.165, 1.54) is 17.3 Å². The van der Waals surface area contributed by atoms with E-state index in [0.29, 0.717) is 0 Å². The Morgan fingerprint density at radius 1 is 1.16 bits per heavy atom. The number of carbonyl (C=O) groups is 1. The molecule has 19 heavy (non-hydrogen) atoms. The highest BCUT2D eigenvalue weighted by atomic mass is 16.4. The molecule has 0 fully saturated rings. The number of pyridine rings is 1. The van der Waals surface area contributed by atoms with Crippen molar-refractivity contribution in [3.05, 3.63) is 65.0 Å². The molecule has 1 N–H and O–H groups in total. The van der Waals surface area contributed by atoms with Crippen LogP contribution in [0.3, 0.4) is 0 Å². The summed E-state index contributed by atoms with van der Waals surface area (Å²) in [6.45, 7) is 2.60. The number of carboxylic acids is 1. The minimum absolute atomic E-state index is 0.230. The number of carboxylic acid groups (broad SMARTS) is 1. The molecular formula is C15H14N2O2. The standard InChI is InChI=1S/C15H14N2O2/c18-15(19)11-5-6-14(16-7-11)10-17-8-12-3-1-2-4-13(12)9-17/h1-7H,8-10H2,(H,18,19). The van der Waals surface area contributed by atoms with Crippen LogP contribution >= 0.6 is 0 Å². The van der Waals surface area contributed by atoms with Gasteiger partial charge in [-0.1, -0.05) is 24.3 Å². The first-order valence-corrected chi connectivity index (χ1v) is 6.20. The van der Waals surface area contributed by atoms with Crippen LogP contribution in [0.25, 0.3) is 0 Å². The lowest BCUT2D eigenvalue weighted by atomic mass is 10.1. The van der Waals surface area contributed by atoms with Gasteiger partial charge in [0.2, 0.25) is 0 Å². The number of aromatic carboxylic acids is 1. The van der Waals surface area contributed by atoms with Gasteiger partial charge in [-0.15, -0.1) is 0 Å². The number of rotatable bonds is 3. The van der Waals surface area contributed by atoms with Gasteiger partial charge in [-0.25, -0.2) is 4.79 Å². The van der Waals surface area contributed by atoms with Crippen LogP contribution in [-0.2, 0) is 19.6 Å². The molecule has 0 saturated carbocycles. The van der Waals surface area contributed by atoms with Crippen molar-refractivity contribution in [1.82, 2.24) is 9.88 Å². The molecule has 3 rings (SSSR count). The Balaban J connectivity index is 1.69. The fourth-order valence-electron chi connectivity index (χ4n) is 2.39. The molecule has 1 aliphatic heterocycles. The summed E-state index contributed by atoms with van der Waals surface area (Å²) in [5.74, 6) is -0.937. The van der Waals surface area contributed by atoms with E-state index >= 15 is 0 Å². The Labute approximate surface area is 111 Å². The summed E-state index contributed by atoms with van der Waals surface area (Å²) in [7, 11) is 0. The van der Waals surface area contributed by atoms with Gasteiger partial charge in [-0.2, -0.15) is 0 Å². The van der Waals surface area contributed by atoms with Crippen LogP contribution in [0.1, 0.15) is 27.2 Å². The van der Waals surface area contributed by atoms with Crippen LogP contribution in [-0.4, -0.2) is 21.0 Å². The van der Waals surface area contributed by atoms with Crippen molar-refractivity contribution in [1.29, 1.82) is 0 Å². The molecule has 0 spiro atoms. The van der Waals surface area contributed by atoms with Crippen molar-refractivity contribution in [3.63, 3.8) is 0 Å². The molecule has 2 aromatic rings. The number of benzene rings is 1. The van der Waals surface area contributed by atoms with Crippen molar-refractivity contribution in [3.8, 4) is 0 Å². The van der Waals surface area contributed by atoms with Crippen LogP contribution in [0, 0.1) is 0 Å². The zero-order valence-corrected chi connectivity index (χ0v) is 10.4. The van der Waals surface area contributed by atoms with E-state index in [1.807, 2.05) is 0 Å². The van der Waals surface area contributed by atoms with Crippen molar-refractivity contribution < 1.29 is 9.90 Å². The molecule has 0 bridgehead atoms. The highest BCUT2D eigenvalue weighted by Crippen LogP contribution is 2.23. The fourth-order valence-corrected chi connectivity index (χ4v) is 2.39. The summed E-state index contributed by atoms with van der Waals surface area (Å²) in [6.07, 6.45) is 1.42. The van der Waals surface area contributed by atoms with Gasteiger partial charge in [0.25, 0.3) is 0 Å². The predicted octanol–water partition coefficient (Wildman–Crippen LogP) is 2.30. The third-order valence-electron chi connectivity index (χ3n) is 3.36. The van der Waals surface area contributed by atoms with Crippen molar-refractivity contribution in [2.75, 3.05) is 0 Å². The average Bonchev–Trinajstić information content (AvgIpc) is 2.81. The van der Waals surface area contributed by atoms with E-state index in [0.717, 1.165) is 25.3 Å². The van der Waals surface area contributed by atoms with E-state index in [-0.39, 0.29) is 5.56 Å². The van der Waals surface area contributed by atoms with Crippen molar-refractivity contribution in [2.45, 2.75) is 19.6 Å². The minimum atomic E-state index is -0.937. The smallest absolute Gasteiger partial charge is 0.337 e. The fraction of sp³-hybridized carbons (Fsp3) is 0.200. The summed E-state index contributed by atoms with van der Waals surface area (Å²) in [6, 6.07) is 11.8. The minimum Gasteiger partial charge on any atom is -0.478 e. The van der Waals surface area contributed by atoms with Crippen LogP contribution in [0.5, 0.6) is 0 Å². The summed E-state index contributed by atoms with van der Waals surface area (Å²) in [4.78, 5) is 17.3. The molecule has 4 heteroatoms. The SMILES string of the molecule is O=C(O)c1ccc(CN2Cc3ccccc3C2)nc1. The number of nitrogens with zero attached hydrogens (tertiary/aromatic N) is 2. The average molecular weight is 254 g/mol. The third kappa shape index (κ3) is 2.48. The topological polar surface area (TPSA) is 53.4 Å². The van der Waals surface area contributed by atoms with Gasteiger partial charge in [0.1, 0.15) is 0 Å². The summed E-state index contributed by atoms with van der Waals surface area (Å²) in [5.41, 5.74) is 3.86. The van der Waals surface area contributed by atoms with E-state index in [4.69, 9.17) is 5.11 Å². The highest BCUT2D eigenvalue weighted by Gasteiger charge is 2.18. The Hall–Kier alpha value is -2.20. The molecule has 0 saturated heterocycles. The number of hydrogen-bond acceptors (Lipinski definition) is 3. The quantitative estimate of drug-likeness (QED) is 0.913. The first kappa shape index (κ1) is 11.9. The maximum Gasteiger partial charge on any atom is 0.337 e. The molecular weight excluding hydrogens is 240 g/mol.